The standard InChI is InChI=1S/C15H22F2N2/c1-3-7-19(4-2)15-13(16)8-11(9-14(15)17)10-18-12-5-6-12/h8-9,12,18H,3-7,10H2,1-2H3. The fourth-order valence-corrected chi connectivity index (χ4v) is 2.27. The minimum Gasteiger partial charge on any atom is -0.367 e. The molecule has 1 N–H and O–H groups in total. The van der Waals surface area contributed by atoms with Gasteiger partial charge in [-0.25, -0.2) is 8.78 Å². The van der Waals surface area contributed by atoms with Crippen LogP contribution in [-0.2, 0) is 6.54 Å². The molecule has 0 aliphatic heterocycles. The Morgan fingerprint density at radius 2 is 1.84 bits per heavy atom. The first-order chi connectivity index (χ1) is 9.15. The smallest absolute Gasteiger partial charge is 0.149 e. The molecule has 0 spiro atoms. The lowest BCUT2D eigenvalue weighted by Crippen LogP contribution is -2.26. The van der Waals surface area contributed by atoms with Crippen molar-refractivity contribution in [3.63, 3.8) is 0 Å². The molecule has 0 bridgehead atoms. The van der Waals surface area contributed by atoms with Gasteiger partial charge in [-0.05, 0) is 43.9 Å². The van der Waals surface area contributed by atoms with Gasteiger partial charge in [-0.3, -0.25) is 0 Å². The van der Waals surface area contributed by atoms with Gasteiger partial charge in [0.15, 0.2) is 0 Å². The van der Waals surface area contributed by atoms with Crippen molar-refractivity contribution in [2.24, 2.45) is 0 Å². The summed E-state index contributed by atoms with van der Waals surface area (Å²) in [5, 5.41) is 3.27. The van der Waals surface area contributed by atoms with Gasteiger partial charge in [0.25, 0.3) is 0 Å². The first-order valence-electron chi connectivity index (χ1n) is 7.12. The SMILES string of the molecule is CCCN(CC)c1c(F)cc(CNC2CC2)cc1F. The fourth-order valence-electron chi connectivity index (χ4n) is 2.27. The molecule has 1 aliphatic carbocycles. The average Bonchev–Trinajstić information content (AvgIpc) is 3.18. The Labute approximate surface area is 113 Å². The van der Waals surface area contributed by atoms with Gasteiger partial charge in [0.2, 0.25) is 0 Å². The lowest BCUT2D eigenvalue weighted by molar-refractivity contribution is 0.563. The van der Waals surface area contributed by atoms with Crippen molar-refractivity contribution in [3.05, 3.63) is 29.3 Å². The van der Waals surface area contributed by atoms with E-state index >= 15 is 0 Å². The maximum Gasteiger partial charge on any atom is 0.149 e. The summed E-state index contributed by atoms with van der Waals surface area (Å²) < 4.78 is 28.2. The highest BCUT2D eigenvalue weighted by atomic mass is 19.1. The van der Waals surface area contributed by atoms with Crippen molar-refractivity contribution < 1.29 is 8.78 Å². The summed E-state index contributed by atoms with van der Waals surface area (Å²) in [6.45, 7) is 5.74. The second kappa shape index (κ2) is 6.33. The predicted octanol–water partition coefficient (Wildman–Crippen LogP) is 3.45. The number of nitrogens with one attached hydrogen (secondary N) is 1. The highest BCUT2D eigenvalue weighted by molar-refractivity contribution is 5.50. The largest absolute Gasteiger partial charge is 0.367 e. The van der Waals surface area contributed by atoms with Crippen LogP contribution < -0.4 is 10.2 Å². The third kappa shape index (κ3) is 3.66. The highest BCUT2D eigenvalue weighted by Crippen LogP contribution is 2.26. The monoisotopic (exact) mass is 268 g/mol. The van der Waals surface area contributed by atoms with Crippen molar-refractivity contribution in [2.45, 2.75) is 45.7 Å². The first-order valence-corrected chi connectivity index (χ1v) is 7.12. The molecular weight excluding hydrogens is 246 g/mol. The van der Waals surface area contributed by atoms with E-state index in [1.54, 1.807) is 4.90 Å². The normalized spacial score (nSPS) is 14.7. The van der Waals surface area contributed by atoms with Crippen LogP contribution in [0.3, 0.4) is 0 Å². The van der Waals surface area contributed by atoms with Crippen molar-refractivity contribution in [2.75, 3.05) is 18.0 Å². The van der Waals surface area contributed by atoms with E-state index in [9.17, 15) is 8.78 Å². The number of rotatable bonds is 7. The van der Waals surface area contributed by atoms with Crippen LogP contribution in [0, 0.1) is 11.6 Å². The van der Waals surface area contributed by atoms with E-state index in [2.05, 4.69) is 5.32 Å². The van der Waals surface area contributed by atoms with E-state index in [4.69, 9.17) is 0 Å². The topological polar surface area (TPSA) is 15.3 Å². The van der Waals surface area contributed by atoms with Gasteiger partial charge in [-0.15, -0.1) is 0 Å². The van der Waals surface area contributed by atoms with Crippen molar-refractivity contribution in [1.82, 2.24) is 5.32 Å². The average molecular weight is 268 g/mol. The number of anilines is 1. The Morgan fingerprint density at radius 1 is 1.21 bits per heavy atom. The van der Waals surface area contributed by atoms with Crippen LogP contribution in [0.2, 0.25) is 0 Å². The van der Waals surface area contributed by atoms with Crippen molar-refractivity contribution in [1.29, 1.82) is 0 Å². The van der Waals surface area contributed by atoms with Crippen LogP contribution in [0.1, 0.15) is 38.7 Å². The predicted molar refractivity (Wildman–Crippen MR) is 74.4 cm³/mol. The summed E-state index contributed by atoms with van der Waals surface area (Å²) in [4.78, 5) is 1.75. The molecule has 0 heterocycles. The second-order valence-corrected chi connectivity index (χ2v) is 5.14. The van der Waals surface area contributed by atoms with Crippen LogP contribution >= 0.6 is 0 Å². The molecule has 4 heteroatoms. The Balaban J connectivity index is 2.14. The maximum atomic E-state index is 14.1. The van der Waals surface area contributed by atoms with Gasteiger partial charge in [-0.2, -0.15) is 0 Å². The molecule has 0 aromatic heterocycles. The minimum atomic E-state index is -0.456. The van der Waals surface area contributed by atoms with E-state index in [0.717, 1.165) is 6.42 Å². The van der Waals surface area contributed by atoms with Gasteiger partial charge >= 0.3 is 0 Å². The molecule has 0 atom stereocenters. The first kappa shape index (κ1) is 14.3. The van der Waals surface area contributed by atoms with Crippen LogP contribution in [0.5, 0.6) is 0 Å². The quantitative estimate of drug-likeness (QED) is 0.814. The molecule has 1 aliphatic rings. The number of hydrogen-bond acceptors (Lipinski definition) is 2. The number of benzene rings is 1. The van der Waals surface area contributed by atoms with E-state index in [0.29, 0.717) is 31.2 Å². The van der Waals surface area contributed by atoms with E-state index < -0.39 is 11.6 Å². The van der Waals surface area contributed by atoms with Gasteiger partial charge in [0.05, 0.1) is 0 Å². The zero-order valence-electron chi connectivity index (χ0n) is 11.7. The molecule has 2 rings (SSSR count). The third-order valence-electron chi connectivity index (χ3n) is 3.44. The summed E-state index contributed by atoms with van der Waals surface area (Å²) >= 11 is 0. The fraction of sp³-hybridized carbons (Fsp3) is 0.600. The van der Waals surface area contributed by atoms with Gasteiger partial charge in [-0.1, -0.05) is 6.92 Å². The van der Waals surface area contributed by atoms with Gasteiger partial charge in [0.1, 0.15) is 17.3 Å². The molecule has 2 nitrogen and oxygen atoms in total. The van der Waals surface area contributed by atoms with Gasteiger partial charge in [0, 0.05) is 25.7 Å². The van der Waals surface area contributed by atoms with Crippen LogP contribution in [0.25, 0.3) is 0 Å². The summed E-state index contributed by atoms with van der Waals surface area (Å²) in [5.74, 6) is -0.911. The minimum absolute atomic E-state index is 0.111. The lowest BCUT2D eigenvalue weighted by atomic mass is 10.1. The summed E-state index contributed by atoms with van der Waals surface area (Å²) in [6, 6.07) is 3.44. The molecule has 1 fully saturated rings. The lowest BCUT2D eigenvalue weighted by Gasteiger charge is -2.24. The summed E-state index contributed by atoms with van der Waals surface area (Å²) in [7, 11) is 0. The molecule has 1 aromatic carbocycles. The van der Waals surface area contributed by atoms with Crippen LogP contribution in [0.4, 0.5) is 14.5 Å². The molecule has 0 unspecified atom stereocenters. The number of hydrogen-bond donors (Lipinski definition) is 1. The van der Waals surface area contributed by atoms with Crippen LogP contribution in [0.15, 0.2) is 12.1 Å². The summed E-state index contributed by atoms with van der Waals surface area (Å²) in [5.41, 5.74) is 0.790. The zero-order valence-corrected chi connectivity index (χ0v) is 11.7. The van der Waals surface area contributed by atoms with Crippen LogP contribution in [-0.4, -0.2) is 19.1 Å². The third-order valence-corrected chi connectivity index (χ3v) is 3.44. The molecular formula is C15H22F2N2. The maximum absolute atomic E-state index is 14.1. The van der Waals surface area contributed by atoms with Crippen molar-refractivity contribution in [3.8, 4) is 0 Å². The van der Waals surface area contributed by atoms with E-state index in [1.165, 1.54) is 25.0 Å². The van der Waals surface area contributed by atoms with E-state index in [-0.39, 0.29) is 5.69 Å². The highest BCUT2D eigenvalue weighted by Gasteiger charge is 2.21. The zero-order chi connectivity index (χ0) is 13.8. The Bertz CT molecular complexity index is 407. The van der Waals surface area contributed by atoms with Gasteiger partial charge < -0.3 is 10.2 Å². The Morgan fingerprint density at radius 3 is 2.32 bits per heavy atom. The summed E-state index contributed by atoms with van der Waals surface area (Å²) in [6.07, 6.45) is 3.21. The Hall–Kier alpha value is -1.16. The molecule has 106 valence electrons. The molecule has 1 saturated carbocycles. The number of nitrogens with zero attached hydrogens (tertiary/aromatic N) is 1. The van der Waals surface area contributed by atoms with E-state index in [1.807, 2.05) is 13.8 Å². The van der Waals surface area contributed by atoms with Crippen molar-refractivity contribution >= 4 is 5.69 Å². The molecule has 0 radical (unpaired) electrons. The molecule has 1 aromatic rings. The Kier molecular flexibility index (Phi) is 4.75. The second-order valence-electron chi connectivity index (χ2n) is 5.14. The molecule has 0 saturated heterocycles. The molecule has 0 amide bonds. The molecule has 19 heavy (non-hydrogen) atoms. The number of halogens is 2.